The maximum atomic E-state index is 14.4. The van der Waals surface area contributed by atoms with Crippen LogP contribution in [-0.2, 0) is 4.79 Å². The van der Waals surface area contributed by atoms with Crippen LogP contribution in [0.3, 0.4) is 0 Å². The number of urea groups is 1. The van der Waals surface area contributed by atoms with E-state index in [0.29, 0.717) is 24.5 Å². The Morgan fingerprint density at radius 3 is 2.44 bits per heavy atom. The van der Waals surface area contributed by atoms with Crippen LogP contribution < -0.4 is 10.6 Å². The molecule has 3 aliphatic rings. The summed E-state index contributed by atoms with van der Waals surface area (Å²) in [4.78, 5) is 32.7. The maximum Gasteiger partial charge on any atom is 0.322 e. The molecule has 0 aromatic heterocycles. The van der Waals surface area contributed by atoms with Gasteiger partial charge in [0, 0.05) is 10.6 Å². The van der Waals surface area contributed by atoms with E-state index >= 15 is 0 Å². The molecule has 0 unspecified atom stereocenters. The molecule has 1 aliphatic carbocycles. The number of halogens is 1. The van der Waals surface area contributed by atoms with Gasteiger partial charge in [0.05, 0.1) is 32.4 Å². The van der Waals surface area contributed by atoms with Crippen molar-refractivity contribution in [2.75, 3.05) is 18.4 Å². The van der Waals surface area contributed by atoms with Crippen molar-refractivity contribution in [1.82, 2.24) is 10.2 Å². The third kappa shape index (κ3) is 3.39. The fourth-order valence-electron chi connectivity index (χ4n) is 5.19. The number of hydrogen-bond donors (Lipinski definition) is 2. The summed E-state index contributed by atoms with van der Waals surface area (Å²) in [7, 11) is -1.70. The van der Waals surface area contributed by atoms with Gasteiger partial charge in [0.1, 0.15) is 11.7 Å². The fraction of sp³-hybridized carbons (Fsp3) is 0.542. The lowest BCUT2D eigenvalue weighted by Gasteiger charge is -2.49. The molecular formula is C24H33FN4O2Si. The normalized spacial score (nSPS) is 21.1. The topological polar surface area (TPSA) is 73.8 Å². The Morgan fingerprint density at radius 1 is 1.16 bits per heavy atom. The van der Waals surface area contributed by atoms with Gasteiger partial charge in [-0.25, -0.2) is 9.18 Å². The Hall–Kier alpha value is -2.48. The Bertz CT molecular complexity index is 1050. The highest BCUT2D eigenvalue weighted by Gasteiger charge is 2.54. The van der Waals surface area contributed by atoms with Crippen molar-refractivity contribution in [2.24, 2.45) is 4.99 Å². The summed E-state index contributed by atoms with van der Waals surface area (Å²) in [5.41, 5.74) is 2.01. The van der Waals surface area contributed by atoms with Gasteiger partial charge in [0.15, 0.2) is 0 Å². The summed E-state index contributed by atoms with van der Waals surface area (Å²) in [5, 5.41) is 5.61. The molecule has 4 rings (SSSR count). The number of benzene rings is 1. The van der Waals surface area contributed by atoms with Crippen LogP contribution >= 0.6 is 0 Å². The number of carbonyl (C=O) groups excluding carboxylic acids is 2. The molecule has 0 saturated heterocycles. The number of nitrogens with one attached hydrogen (secondary N) is 2. The second kappa shape index (κ2) is 7.54. The third-order valence-corrected chi connectivity index (χ3v) is 11.4. The van der Waals surface area contributed by atoms with Crippen molar-refractivity contribution in [3.63, 3.8) is 0 Å². The molecule has 0 atom stereocenters. The van der Waals surface area contributed by atoms with E-state index in [1.54, 1.807) is 30.0 Å². The number of aliphatic imine (C=N–C) groups is 1. The van der Waals surface area contributed by atoms with Crippen molar-refractivity contribution in [2.45, 2.75) is 70.3 Å². The van der Waals surface area contributed by atoms with E-state index in [4.69, 9.17) is 0 Å². The van der Waals surface area contributed by atoms with Gasteiger partial charge in [-0.3, -0.25) is 9.79 Å². The highest BCUT2D eigenvalue weighted by molar-refractivity contribution is 6.82. The monoisotopic (exact) mass is 456 g/mol. The SMILES string of the molecule is Cc1cccc(NC(=O)N2CC3=C(CN=C3NC(=O)C3([Si](C)(C)C)CCC3)C2(C)C)c1F. The molecule has 2 N–H and O–H groups in total. The van der Waals surface area contributed by atoms with Crippen molar-refractivity contribution >= 4 is 31.5 Å². The molecule has 1 fully saturated rings. The number of anilines is 1. The van der Waals surface area contributed by atoms with E-state index in [0.717, 1.165) is 30.4 Å². The van der Waals surface area contributed by atoms with Crippen LogP contribution in [0.2, 0.25) is 24.7 Å². The molecule has 172 valence electrons. The van der Waals surface area contributed by atoms with Gasteiger partial charge in [-0.2, -0.15) is 0 Å². The number of rotatable bonds is 3. The number of amidine groups is 1. The Kier molecular flexibility index (Phi) is 5.35. The van der Waals surface area contributed by atoms with E-state index < -0.39 is 19.4 Å². The lowest BCUT2D eigenvalue weighted by molar-refractivity contribution is -0.125. The number of hydrogen-bond acceptors (Lipinski definition) is 3. The first kappa shape index (κ1) is 22.7. The molecule has 1 aromatic carbocycles. The van der Waals surface area contributed by atoms with Crippen molar-refractivity contribution in [3.8, 4) is 0 Å². The van der Waals surface area contributed by atoms with Crippen LogP contribution in [0.1, 0.15) is 38.7 Å². The first-order chi connectivity index (χ1) is 14.9. The predicted octanol–water partition coefficient (Wildman–Crippen LogP) is 4.85. The highest BCUT2D eigenvalue weighted by Crippen LogP contribution is 2.55. The predicted molar refractivity (Wildman–Crippen MR) is 128 cm³/mol. The maximum absolute atomic E-state index is 14.4. The van der Waals surface area contributed by atoms with Crippen molar-refractivity contribution < 1.29 is 14.0 Å². The second-order valence-electron chi connectivity index (χ2n) is 10.8. The molecule has 0 radical (unpaired) electrons. The standard InChI is InChI=1S/C24H33FN4O2Si/c1-15-9-7-10-18(19(15)25)27-22(31)29-14-16-17(23(29,2)3)13-26-20(16)28-21(30)24(11-8-12-24)32(4,5)6/h7,9-10H,8,11-14H2,1-6H3,(H,27,31)(H,26,28,30). The number of carbonyl (C=O) groups is 2. The smallest absolute Gasteiger partial charge is 0.311 e. The third-order valence-electron chi connectivity index (χ3n) is 7.76. The molecule has 6 nitrogen and oxygen atoms in total. The highest BCUT2D eigenvalue weighted by atomic mass is 28.3. The summed E-state index contributed by atoms with van der Waals surface area (Å²) < 4.78 is 14.4. The zero-order chi connectivity index (χ0) is 23.5. The zero-order valence-corrected chi connectivity index (χ0v) is 20.9. The minimum Gasteiger partial charge on any atom is -0.311 e. The molecule has 1 saturated carbocycles. The van der Waals surface area contributed by atoms with Crippen LogP contribution in [0, 0.1) is 12.7 Å². The lowest BCUT2D eigenvalue weighted by atomic mass is 9.83. The van der Waals surface area contributed by atoms with Crippen molar-refractivity contribution in [3.05, 3.63) is 40.7 Å². The van der Waals surface area contributed by atoms with E-state index in [1.807, 2.05) is 13.8 Å². The number of aryl methyl sites for hydroxylation is 1. The molecule has 2 aliphatic heterocycles. The van der Waals surface area contributed by atoms with Gasteiger partial charge in [-0.15, -0.1) is 0 Å². The molecular weight excluding hydrogens is 423 g/mol. The quantitative estimate of drug-likeness (QED) is 0.638. The first-order valence-electron chi connectivity index (χ1n) is 11.3. The van der Waals surface area contributed by atoms with Crippen LogP contribution in [-0.4, -0.2) is 49.4 Å². The summed E-state index contributed by atoms with van der Waals surface area (Å²) in [6, 6.07) is 4.58. The molecule has 3 amide bonds. The van der Waals surface area contributed by atoms with E-state index in [-0.39, 0.29) is 22.7 Å². The summed E-state index contributed by atoms with van der Waals surface area (Å²) in [5.74, 6) is 0.252. The summed E-state index contributed by atoms with van der Waals surface area (Å²) in [6.07, 6.45) is 2.97. The van der Waals surface area contributed by atoms with Gasteiger partial charge >= 0.3 is 6.03 Å². The van der Waals surface area contributed by atoms with Crippen molar-refractivity contribution in [1.29, 1.82) is 0 Å². The van der Waals surface area contributed by atoms with E-state index in [9.17, 15) is 14.0 Å². The largest absolute Gasteiger partial charge is 0.322 e. The van der Waals surface area contributed by atoms with Gasteiger partial charge in [-0.1, -0.05) is 38.2 Å². The summed E-state index contributed by atoms with van der Waals surface area (Å²) in [6.45, 7) is 13.2. The van der Waals surface area contributed by atoms with Crippen LogP contribution in [0.4, 0.5) is 14.9 Å². The summed E-state index contributed by atoms with van der Waals surface area (Å²) >= 11 is 0. The molecule has 2 heterocycles. The van der Waals surface area contributed by atoms with Crippen LogP contribution in [0.15, 0.2) is 34.3 Å². The van der Waals surface area contributed by atoms with Crippen LogP contribution in [0.25, 0.3) is 0 Å². The van der Waals surface area contributed by atoms with Gasteiger partial charge in [0.2, 0.25) is 5.91 Å². The second-order valence-corrected chi connectivity index (χ2v) is 16.2. The molecule has 32 heavy (non-hydrogen) atoms. The Morgan fingerprint density at radius 2 is 1.84 bits per heavy atom. The fourth-order valence-corrected chi connectivity index (χ4v) is 7.78. The molecule has 8 heteroatoms. The molecule has 0 spiro atoms. The van der Waals surface area contributed by atoms with Gasteiger partial charge in [-0.05, 0) is 50.8 Å². The molecule has 1 aromatic rings. The Balaban J connectivity index is 1.51. The number of amides is 3. The van der Waals surface area contributed by atoms with Crippen LogP contribution in [0.5, 0.6) is 0 Å². The zero-order valence-electron chi connectivity index (χ0n) is 19.9. The van der Waals surface area contributed by atoms with Gasteiger partial charge in [0.25, 0.3) is 0 Å². The Labute approximate surface area is 190 Å². The van der Waals surface area contributed by atoms with E-state index in [1.165, 1.54) is 0 Å². The molecule has 0 bridgehead atoms. The van der Waals surface area contributed by atoms with Gasteiger partial charge < -0.3 is 15.5 Å². The lowest BCUT2D eigenvalue weighted by Crippen LogP contribution is -2.55. The number of nitrogens with zero attached hydrogens (tertiary/aromatic N) is 2. The first-order valence-corrected chi connectivity index (χ1v) is 14.8. The average molecular weight is 457 g/mol. The minimum absolute atomic E-state index is 0.0814. The average Bonchev–Trinajstić information content (AvgIpc) is 3.15. The van der Waals surface area contributed by atoms with E-state index in [2.05, 4.69) is 35.3 Å². The minimum atomic E-state index is -1.70.